The highest BCUT2D eigenvalue weighted by Crippen LogP contribution is 2.36. The van der Waals surface area contributed by atoms with Gasteiger partial charge >= 0.3 is 0 Å². The quantitative estimate of drug-likeness (QED) is 0.432. The molecule has 1 amide bonds. The molecule has 11 heteroatoms. The van der Waals surface area contributed by atoms with Crippen LogP contribution in [-0.2, 0) is 7.05 Å². The lowest BCUT2D eigenvalue weighted by Gasteiger charge is -2.15. The second-order valence-electron chi connectivity index (χ2n) is 8.90. The van der Waals surface area contributed by atoms with Crippen LogP contribution in [0.1, 0.15) is 61.5 Å². The maximum Gasteiger partial charge on any atom is 0.259 e. The van der Waals surface area contributed by atoms with Crippen LogP contribution in [0, 0.1) is 24.7 Å². The summed E-state index contributed by atoms with van der Waals surface area (Å²) in [4.78, 5) is 22.1. The van der Waals surface area contributed by atoms with E-state index in [4.69, 9.17) is 4.74 Å². The molecule has 3 aromatic rings. The van der Waals surface area contributed by atoms with Gasteiger partial charge in [-0.15, -0.1) is 0 Å². The van der Waals surface area contributed by atoms with Gasteiger partial charge in [0.15, 0.2) is 10.5 Å². The second-order valence-corrected chi connectivity index (χ2v) is 9.99. The molecule has 5 rings (SSSR count). The summed E-state index contributed by atoms with van der Waals surface area (Å²) in [7, 11) is 3.35. The average molecular weight is 550 g/mol. The molecule has 0 spiro atoms. The molecule has 204 valence electrons. The van der Waals surface area contributed by atoms with E-state index in [0.29, 0.717) is 39.3 Å². The molecule has 4 heterocycles. The largest absolute Gasteiger partial charge is 0.494 e. The maximum atomic E-state index is 14.2. The molecule has 0 radical (unpaired) electrons. The Bertz CT molecular complexity index is 1430. The molecule has 0 bridgehead atoms. The maximum absolute atomic E-state index is 14.2. The van der Waals surface area contributed by atoms with Gasteiger partial charge < -0.3 is 4.74 Å². The van der Waals surface area contributed by atoms with Crippen molar-refractivity contribution in [2.75, 3.05) is 7.11 Å². The number of ether oxygens (including phenoxy) is 1. The van der Waals surface area contributed by atoms with E-state index in [1.165, 1.54) is 38.2 Å². The molecule has 1 saturated carbocycles. The van der Waals surface area contributed by atoms with Crippen molar-refractivity contribution in [3.63, 3.8) is 0 Å². The van der Waals surface area contributed by atoms with Crippen molar-refractivity contribution < 1.29 is 13.9 Å². The number of hydrazone groups is 1. The number of aromatic nitrogens is 4. The van der Waals surface area contributed by atoms with Crippen molar-refractivity contribution in [3.05, 3.63) is 47.5 Å². The van der Waals surface area contributed by atoms with Crippen molar-refractivity contribution >= 4 is 22.8 Å². The van der Waals surface area contributed by atoms with Gasteiger partial charge in [-0.05, 0) is 56.7 Å². The number of hydrogen-bond acceptors (Lipinski definition) is 8. The number of hydrogen-bond donors (Lipinski definition) is 2. The van der Waals surface area contributed by atoms with Crippen LogP contribution in [0.5, 0.6) is 5.75 Å². The molecule has 0 saturated heterocycles. The minimum Gasteiger partial charge on any atom is -0.494 e. The molecule has 0 aromatic carbocycles. The van der Waals surface area contributed by atoms with Gasteiger partial charge in [-0.25, -0.2) is 4.39 Å². The van der Waals surface area contributed by atoms with Crippen molar-refractivity contribution in [2.45, 2.75) is 52.1 Å². The van der Waals surface area contributed by atoms with Gasteiger partial charge in [-0.1, -0.05) is 25.7 Å². The molecule has 1 aliphatic carbocycles. The van der Waals surface area contributed by atoms with Crippen LogP contribution in [0.3, 0.4) is 0 Å². The second kappa shape index (κ2) is 12.3. The fourth-order valence-corrected chi connectivity index (χ4v) is 4.43. The van der Waals surface area contributed by atoms with E-state index < -0.39 is 12.1 Å². The van der Waals surface area contributed by atoms with Crippen LogP contribution in [0.4, 0.5) is 4.39 Å². The van der Waals surface area contributed by atoms with Gasteiger partial charge in [0.25, 0.3) is 5.91 Å². The first-order valence-corrected chi connectivity index (χ1v) is 13.7. The summed E-state index contributed by atoms with van der Waals surface area (Å²) in [6.07, 6.45) is 3.92. The van der Waals surface area contributed by atoms with Crippen LogP contribution in [0.15, 0.2) is 35.7 Å². The molecule has 2 unspecified atom stereocenters. The Morgan fingerprint density at radius 2 is 1.95 bits per heavy atom. The van der Waals surface area contributed by atoms with Crippen molar-refractivity contribution in [1.29, 1.82) is 0 Å². The number of nitrogens with one attached hydrogen (secondary N) is 2. The number of thioether (sulfide) groups is 1. The van der Waals surface area contributed by atoms with Crippen molar-refractivity contribution in [1.82, 2.24) is 30.5 Å². The minimum atomic E-state index is -1.30. The first-order valence-electron chi connectivity index (χ1n) is 12.8. The Kier molecular flexibility index (Phi) is 8.86. The van der Waals surface area contributed by atoms with E-state index >= 15 is 0 Å². The summed E-state index contributed by atoms with van der Waals surface area (Å²) in [5.74, 6) is 6.81. The third-order valence-electron chi connectivity index (χ3n) is 6.06. The van der Waals surface area contributed by atoms with Crippen molar-refractivity contribution in [3.8, 4) is 40.1 Å². The number of pyridine rings is 2. The van der Waals surface area contributed by atoms with E-state index in [-0.39, 0.29) is 16.6 Å². The topological polar surface area (TPSA) is 106 Å². The Morgan fingerprint density at radius 3 is 2.59 bits per heavy atom. The third-order valence-corrected chi connectivity index (χ3v) is 6.94. The zero-order chi connectivity index (χ0) is 28.1. The monoisotopic (exact) mass is 549 g/mol. The highest BCUT2D eigenvalue weighted by atomic mass is 32.2. The van der Waals surface area contributed by atoms with E-state index in [0.717, 1.165) is 18.5 Å². The molecule has 1 aliphatic heterocycles. The molecule has 3 aromatic heterocycles. The Hall–Kier alpha value is -3.91. The lowest BCUT2D eigenvalue weighted by Crippen LogP contribution is -2.28. The smallest absolute Gasteiger partial charge is 0.259 e. The SMILES string of the molecule is CC.COc1cnc(C(C)F)cc1-c1cc(-c2cc(C)n(C)n2)ncc1C(=O)NC1=NNC(C#CC2CC2)S1. The van der Waals surface area contributed by atoms with E-state index in [1.807, 2.05) is 33.9 Å². The Morgan fingerprint density at radius 1 is 1.18 bits per heavy atom. The number of methoxy groups -OCH3 is 1. The molecular weight excluding hydrogens is 517 g/mol. The standard InChI is InChI=1S/C26H26FN7O2S.C2H6/c1-14-9-22(33-34(14)3)21-10-17(18-11-20(15(2)27)29-13-23(18)36-4)19(12-28-21)25(35)30-26-32-31-24(37-26)8-7-16-5-6-16;1-2/h9-13,15-16,24,31H,5-6H2,1-4H3,(H,30,32,35);1-2H3. The van der Waals surface area contributed by atoms with Gasteiger partial charge in [0.2, 0.25) is 0 Å². The van der Waals surface area contributed by atoms with Crippen LogP contribution in [0.2, 0.25) is 0 Å². The van der Waals surface area contributed by atoms with E-state index in [2.05, 4.69) is 42.8 Å². The summed E-state index contributed by atoms with van der Waals surface area (Å²) in [6, 6.07) is 5.26. The van der Waals surface area contributed by atoms with Crippen LogP contribution in [0.25, 0.3) is 22.5 Å². The highest BCUT2D eigenvalue weighted by Gasteiger charge is 2.25. The third kappa shape index (κ3) is 6.57. The first kappa shape index (κ1) is 28.1. The van der Waals surface area contributed by atoms with Crippen LogP contribution >= 0.6 is 11.8 Å². The average Bonchev–Trinajstić information content (AvgIpc) is 3.58. The van der Waals surface area contributed by atoms with Gasteiger partial charge in [0, 0.05) is 36.0 Å². The molecule has 2 aliphatic rings. The summed E-state index contributed by atoms with van der Waals surface area (Å²) in [5.41, 5.74) is 6.63. The summed E-state index contributed by atoms with van der Waals surface area (Å²) in [5, 5.41) is 11.8. The highest BCUT2D eigenvalue weighted by molar-refractivity contribution is 8.14. The molecular formula is C28H32FN7O2S. The van der Waals surface area contributed by atoms with E-state index in [1.54, 1.807) is 16.8 Å². The number of rotatable bonds is 5. The molecule has 9 nitrogen and oxygen atoms in total. The number of aryl methyl sites for hydroxylation is 2. The van der Waals surface area contributed by atoms with E-state index in [9.17, 15) is 9.18 Å². The van der Waals surface area contributed by atoms with Gasteiger partial charge in [-0.2, -0.15) is 10.2 Å². The number of halogens is 1. The Labute approximate surface area is 232 Å². The lowest BCUT2D eigenvalue weighted by atomic mass is 9.98. The lowest BCUT2D eigenvalue weighted by molar-refractivity contribution is 0.0978. The molecule has 1 fully saturated rings. The number of amides is 1. The number of alkyl halides is 1. The van der Waals surface area contributed by atoms with Gasteiger partial charge in [0.05, 0.1) is 30.3 Å². The number of amidine groups is 1. The predicted octanol–water partition coefficient (Wildman–Crippen LogP) is 4.99. The Balaban J connectivity index is 0.00000172. The molecule has 39 heavy (non-hydrogen) atoms. The fraction of sp³-hybridized carbons (Fsp3) is 0.393. The zero-order valence-corrected chi connectivity index (χ0v) is 23.7. The fourth-order valence-electron chi connectivity index (χ4n) is 3.72. The number of carbonyl (C=O) groups excluding carboxylic acids is 1. The van der Waals surface area contributed by atoms with Gasteiger partial charge in [0.1, 0.15) is 17.6 Å². The van der Waals surface area contributed by atoms with Gasteiger partial charge in [-0.3, -0.25) is 30.2 Å². The summed E-state index contributed by atoms with van der Waals surface area (Å²) in [6.45, 7) is 7.35. The van der Waals surface area contributed by atoms with Crippen LogP contribution < -0.4 is 15.5 Å². The molecule has 2 atom stereocenters. The first-order chi connectivity index (χ1) is 18.8. The molecule has 2 N–H and O–H groups in total. The zero-order valence-electron chi connectivity index (χ0n) is 22.9. The summed E-state index contributed by atoms with van der Waals surface area (Å²) < 4.78 is 21.5. The number of nitrogens with zero attached hydrogens (tertiary/aromatic N) is 5. The van der Waals surface area contributed by atoms with Crippen LogP contribution in [-0.4, -0.2) is 43.3 Å². The predicted molar refractivity (Wildman–Crippen MR) is 152 cm³/mol. The minimum absolute atomic E-state index is 0.211. The van der Waals surface area contributed by atoms with Crippen molar-refractivity contribution in [2.24, 2.45) is 18.1 Å². The normalized spacial score (nSPS) is 16.6. The summed E-state index contributed by atoms with van der Waals surface area (Å²) >= 11 is 1.34. The number of carbonyl (C=O) groups is 1.